The average molecular weight is 413 g/mol. The van der Waals surface area contributed by atoms with Crippen molar-refractivity contribution in [3.8, 4) is 0 Å². The van der Waals surface area contributed by atoms with Crippen molar-refractivity contribution in [3.05, 3.63) is 30.6 Å². The highest BCUT2D eigenvalue weighted by Crippen LogP contribution is 2.53. The summed E-state index contributed by atoms with van der Waals surface area (Å²) in [5.41, 5.74) is -0.601. The SMILES string of the molecule is CCN(CCn1cccn1)C(=O)[C@H]1[C@@H]2C=C[C@@]3(CN(C4CCCCCC4)C(=O)[C@@H]13)O2. The third kappa shape index (κ3) is 3.18. The molecule has 2 amide bonds. The van der Waals surface area contributed by atoms with Gasteiger partial charge in [-0.05, 0) is 25.8 Å². The zero-order valence-electron chi connectivity index (χ0n) is 17.8. The van der Waals surface area contributed by atoms with Crippen molar-refractivity contribution in [2.75, 3.05) is 19.6 Å². The number of hydrogen-bond donors (Lipinski definition) is 0. The molecular formula is C23H32N4O3. The number of likely N-dealkylation sites (tertiary alicyclic amines) is 1. The number of ether oxygens (including phenoxy) is 1. The van der Waals surface area contributed by atoms with E-state index in [9.17, 15) is 9.59 Å². The van der Waals surface area contributed by atoms with Gasteiger partial charge in [0.2, 0.25) is 11.8 Å². The Hall–Kier alpha value is -2.15. The van der Waals surface area contributed by atoms with Crippen molar-refractivity contribution in [2.24, 2.45) is 11.8 Å². The summed E-state index contributed by atoms with van der Waals surface area (Å²) in [7, 11) is 0. The summed E-state index contributed by atoms with van der Waals surface area (Å²) < 4.78 is 8.18. The predicted molar refractivity (Wildman–Crippen MR) is 111 cm³/mol. The van der Waals surface area contributed by atoms with E-state index in [-0.39, 0.29) is 23.8 Å². The number of fused-ring (bicyclic) bond motifs is 1. The molecule has 7 nitrogen and oxygen atoms in total. The standard InChI is InChI=1S/C23H32N4O3/c1-2-25(14-15-26-13-7-12-24-26)21(28)19-18-10-11-23(30-18)16-27(22(29)20(19)23)17-8-5-3-4-6-9-17/h7,10-13,17-20H,2-6,8-9,14-16H2,1H3/t18-,19-,20+,23-/m0/s1. The molecule has 7 heteroatoms. The molecule has 0 N–H and O–H groups in total. The molecule has 1 aromatic rings. The Labute approximate surface area is 178 Å². The smallest absolute Gasteiger partial charge is 0.230 e. The first-order valence-corrected chi connectivity index (χ1v) is 11.6. The fourth-order valence-electron chi connectivity index (χ4n) is 5.98. The third-order valence-electron chi connectivity index (χ3n) is 7.53. The van der Waals surface area contributed by atoms with Gasteiger partial charge in [-0.1, -0.05) is 37.8 Å². The number of aromatic nitrogens is 2. The van der Waals surface area contributed by atoms with Gasteiger partial charge >= 0.3 is 0 Å². The maximum Gasteiger partial charge on any atom is 0.230 e. The maximum absolute atomic E-state index is 13.6. The zero-order chi connectivity index (χ0) is 20.7. The van der Waals surface area contributed by atoms with E-state index in [0.29, 0.717) is 32.2 Å². The summed E-state index contributed by atoms with van der Waals surface area (Å²) >= 11 is 0. The zero-order valence-corrected chi connectivity index (χ0v) is 17.8. The third-order valence-corrected chi connectivity index (χ3v) is 7.53. The van der Waals surface area contributed by atoms with Crippen LogP contribution in [0.4, 0.5) is 0 Å². The van der Waals surface area contributed by atoms with Gasteiger partial charge in [0.25, 0.3) is 0 Å². The Bertz CT molecular complexity index is 814. The van der Waals surface area contributed by atoms with Crippen LogP contribution in [0.1, 0.15) is 45.4 Å². The molecule has 0 radical (unpaired) electrons. The highest BCUT2D eigenvalue weighted by atomic mass is 16.5. The first-order chi connectivity index (χ1) is 14.6. The molecule has 0 unspecified atom stereocenters. The summed E-state index contributed by atoms with van der Waals surface area (Å²) in [5.74, 6) is -0.602. The van der Waals surface area contributed by atoms with Gasteiger partial charge in [-0.2, -0.15) is 5.10 Å². The molecular weight excluding hydrogens is 380 g/mol. The number of carbonyl (C=O) groups excluding carboxylic acids is 2. The Morgan fingerprint density at radius 1 is 1.30 bits per heavy atom. The number of hydrogen-bond acceptors (Lipinski definition) is 4. The van der Waals surface area contributed by atoms with E-state index in [0.717, 1.165) is 12.8 Å². The van der Waals surface area contributed by atoms with Crippen LogP contribution in [0.25, 0.3) is 0 Å². The molecule has 1 spiro atoms. The van der Waals surface area contributed by atoms with Crippen LogP contribution >= 0.6 is 0 Å². The van der Waals surface area contributed by atoms with Crippen LogP contribution in [0.15, 0.2) is 30.6 Å². The normalized spacial score (nSPS) is 33.2. The molecule has 1 saturated carbocycles. The van der Waals surface area contributed by atoms with Crippen LogP contribution in [-0.4, -0.2) is 68.8 Å². The summed E-state index contributed by atoms with van der Waals surface area (Å²) in [6.45, 7) is 4.46. The molecule has 1 aliphatic carbocycles. The van der Waals surface area contributed by atoms with Crippen molar-refractivity contribution >= 4 is 11.8 Å². The van der Waals surface area contributed by atoms with Crippen LogP contribution in [0.2, 0.25) is 0 Å². The lowest BCUT2D eigenvalue weighted by molar-refractivity contribution is -0.144. The minimum atomic E-state index is -0.601. The molecule has 2 bridgehead atoms. The largest absolute Gasteiger partial charge is 0.360 e. The monoisotopic (exact) mass is 412 g/mol. The molecule has 4 aliphatic rings. The van der Waals surface area contributed by atoms with Gasteiger partial charge in [0.1, 0.15) is 5.60 Å². The fourth-order valence-corrected chi connectivity index (χ4v) is 5.98. The molecule has 3 fully saturated rings. The number of carbonyl (C=O) groups is 2. The van der Waals surface area contributed by atoms with Gasteiger partial charge in [-0.25, -0.2) is 0 Å². The van der Waals surface area contributed by atoms with Gasteiger partial charge in [0, 0.05) is 31.5 Å². The van der Waals surface area contributed by atoms with E-state index in [2.05, 4.69) is 16.1 Å². The Balaban J connectivity index is 1.34. The highest BCUT2D eigenvalue weighted by molar-refractivity contribution is 5.93. The molecule has 0 aromatic carbocycles. The van der Waals surface area contributed by atoms with Crippen LogP contribution in [-0.2, 0) is 20.9 Å². The quantitative estimate of drug-likeness (QED) is 0.531. The van der Waals surface area contributed by atoms with Crippen molar-refractivity contribution in [1.29, 1.82) is 0 Å². The van der Waals surface area contributed by atoms with E-state index in [4.69, 9.17) is 4.74 Å². The molecule has 4 atom stereocenters. The average Bonchev–Trinajstić information content (AvgIpc) is 3.48. The first kappa shape index (κ1) is 19.8. The molecule has 162 valence electrons. The predicted octanol–water partition coefficient (Wildman–Crippen LogP) is 2.24. The lowest BCUT2D eigenvalue weighted by atomic mass is 9.76. The lowest BCUT2D eigenvalue weighted by Gasteiger charge is -2.31. The molecule has 5 rings (SSSR count). The summed E-state index contributed by atoms with van der Waals surface area (Å²) in [6, 6.07) is 2.18. The first-order valence-electron chi connectivity index (χ1n) is 11.6. The van der Waals surface area contributed by atoms with E-state index in [1.54, 1.807) is 6.20 Å². The molecule has 1 aromatic heterocycles. The molecule has 3 aliphatic heterocycles. The lowest BCUT2D eigenvalue weighted by Crippen LogP contribution is -2.47. The number of rotatable bonds is 6. The van der Waals surface area contributed by atoms with E-state index in [1.165, 1.54) is 25.7 Å². The van der Waals surface area contributed by atoms with Gasteiger partial charge in [0.05, 0.1) is 31.0 Å². The van der Waals surface area contributed by atoms with Gasteiger partial charge in [0.15, 0.2) is 0 Å². The van der Waals surface area contributed by atoms with Crippen LogP contribution < -0.4 is 0 Å². The van der Waals surface area contributed by atoms with Crippen LogP contribution in [0, 0.1) is 11.8 Å². The molecule has 30 heavy (non-hydrogen) atoms. The number of likely N-dealkylation sites (N-methyl/N-ethyl adjacent to an activating group) is 1. The van der Waals surface area contributed by atoms with Gasteiger partial charge < -0.3 is 14.5 Å². The number of amides is 2. The van der Waals surface area contributed by atoms with E-state index >= 15 is 0 Å². The highest BCUT2D eigenvalue weighted by Gasteiger charge is 2.67. The number of nitrogens with zero attached hydrogens (tertiary/aromatic N) is 4. The maximum atomic E-state index is 13.6. The van der Waals surface area contributed by atoms with E-state index < -0.39 is 11.5 Å². The second kappa shape index (κ2) is 7.84. The van der Waals surface area contributed by atoms with Crippen LogP contribution in [0.3, 0.4) is 0 Å². The van der Waals surface area contributed by atoms with E-state index in [1.807, 2.05) is 34.8 Å². The Kier molecular flexibility index (Phi) is 5.17. The van der Waals surface area contributed by atoms with Crippen LogP contribution in [0.5, 0.6) is 0 Å². The Morgan fingerprint density at radius 2 is 2.10 bits per heavy atom. The minimum Gasteiger partial charge on any atom is -0.360 e. The van der Waals surface area contributed by atoms with Gasteiger partial charge in [-0.3, -0.25) is 14.3 Å². The topological polar surface area (TPSA) is 67.7 Å². The summed E-state index contributed by atoms with van der Waals surface area (Å²) in [6.07, 6.45) is 14.5. The summed E-state index contributed by atoms with van der Waals surface area (Å²) in [4.78, 5) is 31.1. The summed E-state index contributed by atoms with van der Waals surface area (Å²) in [5, 5.41) is 4.23. The second-order valence-electron chi connectivity index (χ2n) is 9.20. The van der Waals surface area contributed by atoms with Crippen molar-refractivity contribution in [2.45, 2.75) is 69.7 Å². The minimum absolute atomic E-state index is 0.0435. The van der Waals surface area contributed by atoms with Crippen molar-refractivity contribution in [3.63, 3.8) is 0 Å². The molecule has 2 saturated heterocycles. The van der Waals surface area contributed by atoms with Crippen molar-refractivity contribution < 1.29 is 14.3 Å². The second-order valence-corrected chi connectivity index (χ2v) is 9.20. The molecule has 4 heterocycles. The van der Waals surface area contributed by atoms with Gasteiger partial charge in [-0.15, -0.1) is 0 Å². The fraction of sp³-hybridized carbons (Fsp3) is 0.696. The van der Waals surface area contributed by atoms with Crippen molar-refractivity contribution in [1.82, 2.24) is 19.6 Å². The Morgan fingerprint density at radius 3 is 2.80 bits per heavy atom.